The minimum Gasteiger partial charge on any atom is -0.504 e. The third-order valence-electron chi connectivity index (χ3n) is 3.13. The Morgan fingerprint density at radius 3 is 2.91 bits per heavy atom. The molecule has 3 rings (SSSR count). The van der Waals surface area contributed by atoms with Crippen LogP contribution in [0.4, 0.5) is 4.39 Å². The van der Waals surface area contributed by atoms with E-state index in [1.54, 1.807) is 22.9 Å². The molecule has 0 radical (unpaired) electrons. The number of imidazole rings is 1. The number of carbonyl (C=O) groups is 1. The molecule has 7 heteroatoms. The summed E-state index contributed by atoms with van der Waals surface area (Å²) in [6, 6.07) is 7.24. The number of nitrogens with zero attached hydrogens (tertiary/aromatic N) is 2. The highest BCUT2D eigenvalue weighted by atomic mass is 35.5. The summed E-state index contributed by atoms with van der Waals surface area (Å²) in [6.45, 7) is 0.0879. The summed E-state index contributed by atoms with van der Waals surface area (Å²) in [5.74, 6) is -1.26. The molecule has 3 aromatic rings. The summed E-state index contributed by atoms with van der Waals surface area (Å²) in [5, 5.41) is 12.3. The number of benzene rings is 1. The second kappa shape index (κ2) is 5.65. The highest BCUT2D eigenvalue weighted by Gasteiger charge is 2.16. The van der Waals surface area contributed by atoms with Crippen molar-refractivity contribution < 1.29 is 14.3 Å². The Balaban J connectivity index is 1.79. The number of aromatic hydroxyl groups is 1. The topological polar surface area (TPSA) is 66.6 Å². The summed E-state index contributed by atoms with van der Waals surface area (Å²) in [7, 11) is 0. The molecule has 0 aliphatic heterocycles. The van der Waals surface area contributed by atoms with E-state index in [2.05, 4.69) is 10.3 Å². The van der Waals surface area contributed by atoms with Gasteiger partial charge in [0, 0.05) is 12.4 Å². The van der Waals surface area contributed by atoms with Crippen molar-refractivity contribution in [2.24, 2.45) is 0 Å². The largest absolute Gasteiger partial charge is 0.504 e. The van der Waals surface area contributed by atoms with E-state index >= 15 is 0 Å². The van der Waals surface area contributed by atoms with Crippen molar-refractivity contribution in [1.29, 1.82) is 0 Å². The normalized spacial score (nSPS) is 10.8. The second-order valence-electron chi connectivity index (χ2n) is 4.64. The van der Waals surface area contributed by atoms with E-state index in [1.165, 1.54) is 24.3 Å². The van der Waals surface area contributed by atoms with Gasteiger partial charge in [-0.2, -0.15) is 0 Å². The van der Waals surface area contributed by atoms with Crippen LogP contribution in [-0.2, 0) is 6.54 Å². The Bertz CT molecular complexity index is 843. The first kappa shape index (κ1) is 14.3. The number of hydrogen-bond acceptors (Lipinski definition) is 3. The van der Waals surface area contributed by atoms with E-state index in [4.69, 9.17) is 11.6 Å². The lowest BCUT2D eigenvalue weighted by atomic mass is 10.2. The fourth-order valence-corrected chi connectivity index (χ4v) is 2.36. The number of fused-ring (bicyclic) bond motifs is 1. The monoisotopic (exact) mass is 319 g/mol. The van der Waals surface area contributed by atoms with Crippen LogP contribution in [0, 0.1) is 5.82 Å². The maximum atomic E-state index is 13.6. The predicted molar refractivity (Wildman–Crippen MR) is 79.4 cm³/mol. The van der Waals surface area contributed by atoms with Crippen molar-refractivity contribution >= 4 is 23.2 Å². The summed E-state index contributed by atoms with van der Waals surface area (Å²) in [5.41, 5.74) is 0.716. The summed E-state index contributed by atoms with van der Waals surface area (Å²) in [6.07, 6.45) is 3.39. The summed E-state index contributed by atoms with van der Waals surface area (Å²) < 4.78 is 15.3. The second-order valence-corrected chi connectivity index (χ2v) is 5.04. The maximum Gasteiger partial charge on any atom is 0.256 e. The van der Waals surface area contributed by atoms with E-state index in [0.717, 1.165) is 0 Å². The van der Waals surface area contributed by atoms with Crippen molar-refractivity contribution in [3.8, 4) is 5.75 Å². The number of carbonyl (C=O) groups excluding carboxylic acids is 1. The van der Waals surface area contributed by atoms with E-state index < -0.39 is 11.7 Å². The highest BCUT2D eigenvalue weighted by molar-refractivity contribution is 6.33. The fourth-order valence-electron chi connectivity index (χ4n) is 2.11. The number of halogens is 2. The molecule has 2 heterocycles. The maximum absolute atomic E-state index is 13.6. The zero-order chi connectivity index (χ0) is 15.7. The van der Waals surface area contributed by atoms with E-state index in [9.17, 15) is 14.3 Å². The van der Waals surface area contributed by atoms with E-state index in [0.29, 0.717) is 11.3 Å². The first-order chi connectivity index (χ1) is 10.6. The molecule has 0 saturated carbocycles. The van der Waals surface area contributed by atoms with Crippen LogP contribution in [0.2, 0.25) is 5.02 Å². The number of pyridine rings is 1. The van der Waals surface area contributed by atoms with Crippen LogP contribution in [0.15, 0.2) is 42.7 Å². The van der Waals surface area contributed by atoms with Crippen molar-refractivity contribution in [1.82, 2.24) is 14.7 Å². The summed E-state index contributed by atoms with van der Waals surface area (Å²) in [4.78, 5) is 16.2. The van der Waals surface area contributed by atoms with Crippen LogP contribution < -0.4 is 5.32 Å². The Hall–Kier alpha value is -2.60. The van der Waals surface area contributed by atoms with Gasteiger partial charge in [-0.3, -0.25) is 4.79 Å². The average molecular weight is 320 g/mol. The van der Waals surface area contributed by atoms with Crippen LogP contribution in [0.5, 0.6) is 5.75 Å². The lowest BCUT2D eigenvalue weighted by Gasteiger charge is -2.06. The highest BCUT2D eigenvalue weighted by Crippen LogP contribution is 2.19. The lowest BCUT2D eigenvalue weighted by Crippen LogP contribution is -2.24. The molecule has 2 N–H and O–H groups in total. The molecule has 0 saturated heterocycles. The molecule has 5 nitrogen and oxygen atoms in total. The van der Waals surface area contributed by atoms with Crippen LogP contribution >= 0.6 is 11.6 Å². The van der Waals surface area contributed by atoms with Gasteiger partial charge >= 0.3 is 0 Å². The molecule has 0 fully saturated rings. The molecular formula is C15H11ClFN3O2. The third kappa shape index (κ3) is 2.60. The molecule has 0 bridgehead atoms. The molecule has 0 unspecified atom stereocenters. The molecule has 2 aromatic heterocycles. The minimum absolute atomic E-state index is 0.0391. The number of hydrogen-bond donors (Lipinski definition) is 2. The Morgan fingerprint density at radius 1 is 1.36 bits per heavy atom. The lowest BCUT2D eigenvalue weighted by molar-refractivity contribution is 0.0946. The van der Waals surface area contributed by atoms with Crippen molar-refractivity contribution in [2.75, 3.05) is 0 Å². The molecule has 1 amide bonds. The van der Waals surface area contributed by atoms with E-state index in [-0.39, 0.29) is 22.9 Å². The Kier molecular flexibility index (Phi) is 3.68. The van der Waals surface area contributed by atoms with Gasteiger partial charge in [-0.25, -0.2) is 9.37 Å². The molecule has 0 spiro atoms. The zero-order valence-corrected chi connectivity index (χ0v) is 12.0. The first-order valence-corrected chi connectivity index (χ1v) is 6.82. The smallest absolute Gasteiger partial charge is 0.256 e. The van der Waals surface area contributed by atoms with Crippen LogP contribution in [0.25, 0.3) is 5.65 Å². The average Bonchev–Trinajstić information content (AvgIpc) is 2.89. The molecule has 112 valence electrons. The Labute approximate surface area is 130 Å². The number of rotatable bonds is 3. The van der Waals surface area contributed by atoms with Gasteiger partial charge in [-0.15, -0.1) is 0 Å². The number of nitrogens with one attached hydrogen (secondary N) is 1. The fraction of sp³-hybridized carbons (Fsp3) is 0.0667. The molecular weight excluding hydrogens is 309 g/mol. The molecule has 22 heavy (non-hydrogen) atoms. The van der Waals surface area contributed by atoms with E-state index in [1.807, 2.05) is 0 Å². The van der Waals surface area contributed by atoms with Gasteiger partial charge in [0.25, 0.3) is 5.91 Å². The first-order valence-electron chi connectivity index (χ1n) is 6.44. The quantitative estimate of drug-likeness (QED) is 0.780. The number of amides is 1. The third-order valence-corrected chi connectivity index (χ3v) is 3.45. The number of aromatic nitrogens is 2. The van der Waals surface area contributed by atoms with Crippen LogP contribution in [0.1, 0.15) is 16.1 Å². The van der Waals surface area contributed by atoms with Gasteiger partial charge in [0.2, 0.25) is 0 Å². The Morgan fingerprint density at radius 2 is 2.18 bits per heavy atom. The zero-order valence-electron chi connectivity index (χ0n) is 11.3. The molecule has 1 aromatic carbocycles. The molecule has 0 aliphatic carbocycles. The van der Waals surface area contributed by atoms with Crippen LogP contribution in [-0.4, -0.2) is 20.4 Å². The van der Waals surface area contributed by atoms with Crippen molar-refractivity contribution in [2.45, 2.75) is 6.54 Å². The SMILES string of the molecule is O=C(NCc1cn2cccc(O)c2n1)c1c(F)cccc1Cl. The van der Waals surface area contributed by atoms with Gasteiger partial charge < -0.3 is 14.8 Å². The van der Waals surface area contributed by atoms with Gasteiger partial charge in [0.1, 0.15) is 5.82 Å². The van der Waals surface area contributed by atoms with Crippen LogP contribution in [0.3, 0.4) is 0 Å². The minimum atomic E-state index is -0.683. The van der Waals surface area contributed by atoms with Gasteiger partial charge in [-0.1, -0.05) is 17.7 Å². The van der Waals surface area contributed by atoms with Gasteiger partial charge in [-0.05, 0) is 24.3 Å². The van der Waals surface area contributed by atoms with Crippen molar-refractivity contribution in [3.05, 3.63) is 64.8 Å². The molecule has 0 aliphatic rings. The molecule has 0 atom stereocenters. The van der Waals surface area contributed by atoms with Crippen molar-refractivity contribution in [3.63, 3.8) is 0 Å². The standard InChI is InChI=1S/C15H11ClFN3O2/c16-10-3-1-4-11(17)13(10)15(22)18-7-9-8-20-6-2-5-12(21)14(20)19-9/h1-6,8,21H,7H2,(H,18,22). The van der Waals surface area contributed by atoms with Gasteiger partial charge in [0.15, 0.2) is 11.4 Å². The predicted octanol–water partition coefficient (Wildman–Crippen LogP) is 2.76. The van der Waals surface area contributed by atoms with Gasteiger partial charge in [0.05, 0.1) is 22.8 Å². The summed E-state index contributed by atoms with van der Waals surface area (Å²) >= 11 is 5.84.